The Morgan fingerprint density at radius 2 is 2.08 bits per heavy atom. The summed E-state index contributed by atoms with van der Waals surface area (Å²) in [5, 5.41) is 19.2. The van der Waals surface area contributed by atoms with Gasteiger partial charge in [-0.1, -0.05) is 18.9 Å². The Kier molecular flexibility index (Phi) is 5.10. The molecule has 1 aromatic carbocycles. The summed E-state index contributed by atoms with van der Waals surface area (Å²) in [6, 6.07) is 8.61. The minimum atomic E-state index is -0.477. The lowest BCUT2D eigenvalue weighted by atomic mass is 10.1. The van der Waals surface area contributed by atoms with Gasteiger partial charge in [0.2, 0.25) is 0 Å². The molecule has 1 heterocycles. The zero-order valence-electron chi connectivity index (χ0n) is 13.2. The van der Waals surface area contributed by atoms with Crippen LogP contribution < -0.4 is 10.6 Å². The predicted molar refractivity (Wildman–Crippen MR) is 94.5 cm³/mol. The van der Waals surface area contributed by atoms with Crippen LogP contribution in [-0.2, 0) is 6.54 Å². The summed E-state index contributed by atoms with van der Waals surface area (Å²) in [5.41, 5.74) is 0.914. The van der Waals surface area contributed by atoms with Gasteiger partial charge in [-0.2, -0.15) is 0 Å². The van der Waals surface area contributed by atoms with Crippen molar-refractivity contribution in [2.75, 3.05) is 5.32 Å². The number of nitrogens with zero attached hydrogens (tertiary/aromatic N) is 1. The molecule has 0 saturated heterocycles. The van der Waals surface area contributed by atoms with Crippen LogP contribution in [0.2, 0.25) is 0 Å². The van der Waals surface area contributed by atoms with Crippen molar-refractivity contribution in [3.63, 3.8) is 0 Å². The highest BCUT2D eigenvalue weighted by molar-refractivity contribution is 7.09. The Hall–Kier alpha value is -2.41. The van der Waals surface area contributed by atoms with Crippen LogP contribution in [0.15, 0.2) is 35.7 Å². The van der Waals surface area contributed by atoms with Crippen molar-refractivity contribution in [1.82, 2.24) is 5.32 Å². The minimum Gasteiger partial charge on any atom is -0.382 e. The van der Waals surface area contributed by atoms with E-state index in [2.05, 4.69) is 10.6 Å². The summed E-state index contributed by atoms with van der Waals surface area (Å²) in [6.45, 7) is 0.419. The summed E-state index contributed by atoms with van der Waals surface area (Å²) in [7, 11) is 0. The molecule has 1 saturated carbocycles. The number of nitro groups is 1. The largest absolute Gasteiger partial charge is 0.382 e. The van der Waals surface area contributed by atoms with Gasteiger partial charge in [0.15, 0.2) is 0 Å². The summed E-state index contributed by atoms with van der Waals surface area (Å²) < 4.78 is 0. The molecule has 0 bridgehead atoms. The van der Waals surface area contributed by atoms with E-state index in [9.17, 15) is 14.9 Å². The topological polar surface area (TPSA) is 84.3 Å². The van der Waals surface area contributed by atoms with Crippen LogP contribution >= 0.6 is 11.3 Å². The third-order valence-corrected chi connectivity index (χ3v) is 5.05. The van der Waals surface area contributed by atoms with E-state index in [4.69, 9.17) is 0 Å². The van der Waals surface area contributed by atoms with Gasteiger partial charge < -0.3 is 10.6 Å². The monoisotopic (exact) mass is 345 g/mol. The summed E-state index contributed by atoms with van der Waals surface area (Å²) in [4.78, 5) is 24.1. The summed E-state index contributed by atoms with van der Waals surface area (Å²) >= 11 is 1.56. The highest BCUT2D eigenvalue weighted by Crippen LogP contribution is 2.27. The third-order valence-electron chi connectivity index (χ3n) is 4.18. The molecule has 0 unspecified atom stereocenters. The first kappa shape index (κ1) is 16.4. The van der Waals surface area contributed by atoms with Gasteiger partial charge in [-0.05, 0) is 30.4 Å². The summed E-state index contributed by atoms with van der Waals surface area (Å²) in [5.74, 6) is -0.299. The Balaban J connectivity index is 1.79. The molecule has 1 fully saturated rings. The van der Waals surface area contributed by atoms with Crippen LogP contribution in [0.25, 0.3) is 0 Å². The van der Waals surface area contributed by atoms with Crippen LogP contribution in [0, 0.1) is 10.1 Å². The van der Waals surface area contributed by atoms with Crippen molar-refractivity contribution in [3.8, 4) is 0 Å². The van der Waals surface area contributed by atoms with Crippen molar-refractivity contribution in [3.05, 3.63) is 56.3 Å². The number of thiophene rings is 1. The van der Waals surface area contributed by atoms with Gasteiger partial charge in [-0.15, -0.1) is 11.3 Å². The van der Waals surface area contributed by atoms with Gasteiger partial charge in [0.1, 0.15) is 0 Å². The molecule has 24 heavy (non-hydrogen) atoms. The maximum Gasteiger partial charge on any atom is 0.270 e. The van der Waals surface area contributed by atoms with Crippen molar-refractivity contribution in [2.24, 2.45) is 0 Å². The number of anilines is 1. The van der Waals surface area contributed by atoms with Crippen LogP contribution in [0.3, 0.4) is 0 Å². The molecule has 7 heteroatoms. The van der Waals surface area contributed by atoms with E-state index in [1.54, 1.807) is 17.4 Å². The van der Waals surface area contributed by atoms with Crippen molar-refractivity contribution in [2.45, 2.75) is 38.3 Å². The van der Waals surface area contributed by atoms with Crippen LogP contribution in [0.5, 0.6) is 0 Å². The molecular formula is C17H19N3O3S. The molecular weight excluding hydrogens is 326 g/mol. The second-order valence-corrected chi connectivity index (χ2v) is 6.91. The molecule has 2 aromatic rings. The van der Waals surface area contributed by atoms with E-state index in [0.29, 0.717) is 23.8 Å². The molecule has 2 N–H and O–H groups in total. The highest BCUT2D eigenvalue weighted by Gasteiger charge is 2.20. The SMILES string of the molecule is O=C(NCc1cccs1)c1cc([N+](=O)[O-])ccc1NC1CCCC1. The number of carbonyl (C=O) groups is 1. The van der Waals surface area contributed by atoms with Crippen molar-refractivity contribution in [1.29, 1.82) is 0 Å². The fourth-order valence-corrected chi connectivity index (χ4v) is 3.57. The fraction of sp³-hybridized carbons (Fsp3) is 0.353. The third kappa shape index (κ3) is 3.91. The molecule has 0 spiro atoms. The quantitative estimate of drug-likeness (QED) is 0.613. The number of hydrogen-bond donors (Lipinski definition) is 2. The number of amides is 1. The van der Waals surface area contributed by atoms with Crippen molar-refractivity contribution < 1.29 is 9.72 Å². The predicted octanol–water partition coefficient (Wildman–Crippen LogP) is 3.94. The van der Waals surface area contributed by atoms with Crippen LogP contribution in [0.4, 0.5) is 11.4 Å². The number of nitrogens with one attached hydrogen (secondary N) is 2. The van der Waals surface area contributed by atoms with E-state index in [0.717, 1.165) is 17.7 Å². The Bertz CT molecular complexity index is 725. The molecule has 0 atom stereocenters. The number of carbonyl (C=O) groups excluding carboxylic acids is 1. The smallest absolute Gasteiger partial charge is 0.270 e. The van der Waals surface area contributed by atoms with Crippen LogP contribution in [0.1, 0.15) is 40.9 Å². The number of rotatable bonds is 6. The van der Waals surface area contributed by atoms with E-state index in [1.165, 1.54) is 25.0 Å². The number of benzene rings is 1. The van der Waals surface area contributed by atoms with Gasteiger partial charge in [0.25, 0.3) is 11.6 Å². The molecule has 1 amide bonds. The first-order valence-electron chi connectivity index (χ1n) is 7.99. The van der Waals surface area contributed by atoms with Gasteiger partial charge in [-0.25, -0.2) is 0 Å². The van der Waals surface area contributed by atoms with E-state index in [1.807, 2.05) is 17.5 Å². The molecule has 126 valence electrons. The van der Waals surface area contributed by atoms with Gasteiger partial charge in [0, 0.05) is 28.7 Å². The molecule has 6 nitrogen and oxygen atoms in total. The first-order valence-corrected chi connectivity index (χ1v) is 8.87. The van der Waals surface area contributed by atoms with E-state index >= 15 is 0 Å². The normalized spacial score (nSPS) is 14.5. The Morgan fingerprint density at radius 3 is 2.75 bits per heavy atom. The lowest BCUT2D eigenvalue weighted by molar-refractivity contribution is -0.384. The van der Waals surface area contributed by atoms with E-state index in [-0.39, 0.29) is 11.6 Å². The lowest BCUT2D eigenvalue weighted by Gasteiger charge is -2.16. The van der Waals surface area contributed by atoms with Crippen LogP contribution in [-0.4, -0.2) is 16.9 Å². The van der Waals surface area contributed by atoms with Gasteiger partial charge in [0.05, 0.1) is 17.0 Å². The molecule has 3 rings (SSSR count). The summed E-state index contributed by atoms with van der Waals surface area (Å²) in [6.07, 6.45) is 4.47. The van der Waals surface area contributed by atoms with Gasteiger partial charge in [-0.3, -0.25) is 14.9 Å². The molecule has 1 aliphatic carbocycles. The average molecular weight is 345 g/mol. The number of hydrogen-bond acceptors (Lipinski definition) is 5. The molecule has 1 aromatic heterocycles. The lowest BCUT2D eigenvalue weighted by Crippen LogP contribution is -2.25. The second kappa shape index (κ2) is 7.44. The number of non-ortho nitro benzene ring substituents is 1. The Labute approximate surface area is 144 Å². The second-order valence-electron chi connectivity index (χ2n) is 5.87. The maximum absolute atomic E-state index is 12.5. The standard InChI is InChI=1S/C17H19N3O3S/c21-17(18-11-14-6-3-9-24-14)15-10-13(20(22)23)7-8-16(15)19-12-4-1-2-5-12/h3,6-10,12,19H,1-2,4-5,11H2,(H,18,21). The Morgan fingerprint density at radius 1 is 1.29 bits per heavy atom. The molecule has 0 aliphatic heterocycles. The zero-order chi connectivity index (χ0) is 16.9. The fourth-order valence-electron chi connectivity index (χ4n) is 2.93. The average Bonchev–Trinajstić information content (AvgIpc) is 3.26. The molecule has 0 radical (unpaired) electrons. The molecule has 1 aliphatic rings. The van der Waals surface area contributed by atoms with E-state index < -0.39 is 4.92 Å². The van der Waals surface area contributed by atoms with Gasteiger partial charge >= 0.3 is 0 Å². The minimum absolute atomic E-state index is 0.0757. The zero-order valence-corrected chi connectivity index (χ0v) is 14.0. The van der Waals surface area contributed by atoms with Crippen molar-refractivity contribution >= 4 is 28.6 Å². The maximum atomic E-state index is 12.5. The highest BCUT2D eigenvalue weighted by atomic mass is 32.1. The first-order chi connectivity index (χ1) is 11.6. The number of nitro benzene ring substituents is 1.